The van der Waals surface area contributed by atoms with Crippen LogP contribution in [0.1, 0.15) is 44.6 Å². The Labute approximate surface area is 149 Å². The molecule has 2 atom stereocenters. The van der Waals surface area contributed by atoms with Gasteiger partial charge in [-0.3, -0.25) is 9.59 Å². The molecule has 1 aliphatic rings. The van der Waals surface area contributed by atoms with E-state index >= 15 is 0 Å². The Morgan fingerprint density at radius 1 is 1.24 bits per heavy atom. The molecule has 0 unspecified atom stereocenters. The Hall–Kier alpha value is -1.73. The maximum Gasteiger partial charge on any atom is 0.324 e. The molecule has 0 heterocycles. The van der Waals surface area contributed by atoms with Gasteiger partial charge >= 0.3 is 5.97 Å². The van der Waals surface area contributed by atoms with Gasteiger partial charge in [0.15, 0.2) is 0 Å². The number of carbonyl (C=O) groups excluding carboxylic acids is 2. The number of sulfonamides is 1. The predicted molar refractivity (Wildman–Crippen MR) is 93.5 cm³/mol. The molecular weight excluding hydrogens is 342 g/mol. The molecule has 7 heteroatoms. The van der Waals surface area contributed by atoms with Crippen LogP contribution in [0.25, 0.3) is 0 Å². The highest BCUT2D eigenvalue weighted by Crippen LogP contribution is 2.25. The van der Waals surface area contributed by atoms with E-state index in [0.717, 1.165) is 24.8 Å². The summed E-state index contributed by atoms with van der Waals surface area (Å²) in [6.45, 7) is 3.64. The van der Waals surface area contributed by atoms with Crippen molar-refractivity contribution in [2.45, 2.75) is 56.9 Å². The van der Waals surface area contributed by atoms with Crippen LogP contribution in [-0.4, -0.2) is 32.8 Å². The van der Waals surface area contributed by atoms with Gasteiger partial charge in [0.2, 0.25) is 10.0 Å². The van der Waals surface area contributed by atoms with Crippen molar-refractivity contribution < 1.29 is 22.7 Å². The number of ether oxygens (including phenoxy) is 1. The lowest BCUT2D eigenvalue weighted by Crippen LogP contribution is -2.49. The van der Waals surface area contributed by atoms with Gasteiger partial charge in [-0.2, -0.15) is 4.72 Å². The maximum atomic E-state index is 12.7. The first kappa shape index (κ1) is 19.6. The van der Waals surface area contributed by atoms with Gasteiger partial charge in [0, 0.05) is 12.3 Å². The normalized spacial score (nSPS) is 19.9. The molecule has 1 fully saturated rings. The predicted octanol–water partition coefficient (Wildman–Crippen LogP) is 2.35. The number of rotatable bonds is 6. The molecule has 25 heavy (non-hydrogen) atoms. The first-order valence-electron chi connectivity index (χ1n) is 8.63. The van der Waals surface area contributed by atoms with Gasteiger partial charge in [-0.15, -0.1) is 0 Å². The molecule has 1 aromatic rings. The minimum absolute atomic E-state index is 0.0634. The Bertz CT molecular complexity index is 711. The van der Waals surface area contributed by atoms with E-state index in [-0.39, 0.29) is 17.3 Å². The number of aryl methyl sites for hydroxylation is 1. The largest absolute Gasteiger partial charge is 0.465 e. The van der Waals surface area contributed by atoms with E-state index in [1.54, 1.807) is 19.1 Å². The van der Waals surface area contributed by atoms with Crippen molar-refractivity contribution in [3.05, 3.63) is 29.8 Å². The molecule has 2 rings (SSSR count). The van der Waals surface area contributed by atoms with Crippen LogP contribution in [0.3, 0.4) is 0 Å². The van der Waals surface area contributed by atoms with Gasteiger partial charge in [0.05, 0.1) is 11.5 Å². The molecule has 0 spiro atoms. The molecule has 0 radical (unpaired) electrons. The van der Waals surface area contributed by atoms with Crippen LogP contribution in [0, 0.1) is 12.8 Å². The van der Waals surface area contributed by atoms with E-state index in [1.807, 2.05) is 6.92 Å². The van der Waals surface area contributed by atoms with Crippen molar-refractivity contribution in [3.63, 3.8) is 0 Å². The lowest BCUT2D eigenvalue weighted by atomic mass is 9.91. The molecule has 138 valence electrons. The third-order valence-corrected chi connectivity index (χ3v) is 5.87. The van der Waals surface area contributed by atoms with Crippen molar-refractivity contribution >= 4 is 21.8 Å². The van der Waals surface area contributed by atoms with Gasteiger partial charge in [0.25, 0.3) is 0 Å². The van der Waals surface area contributed by atoms with Gasteiger partial charge in [-0.1, -0.05) is 30.5 Å². The number of nitrogens with one attached hydrogen (secondary N) is 1. The van der Waals surface area contributed by atoms with Crippen molar-refractivity contribution in [1.29, 1.82) is 0 Å². The Morgan fingerprint density at radius 2 is 1.92 bits per heavy atom. The maximum absolute atomic E-state index is 12.7. The highest BCUT2D eigenvalue weighted by molar-refractivity contribution is 7.89. The molecule has 6 nitrogen and oxygen atoms in total. The lowest BCUT2D eigenvalue weighted by Gasteiger charge is -2.24. The van der Waals surface area contributed by atoms with Crippen molar-refractivity contribution in [3.8, 4) is 0 Å². The average Bonchev–Trinajstić information content (AvgIpc) is 2.78. The second-order valence-corrected chi connectivity index (χ2v) is 8.05. The quantitative estimate of drug-likeness (QED) is 0.616. The highest BCUT2D eigenvalue weighted by Gasteiger charge is 2.38. The zero-order chi connectivity index (χ0) is 18.4. The smallest absolute Gasteiger partial charge is 0.324 e. The summed E-state index contributed by atoms with van der Waals surface area (Å²) < 4.78 is 32.8. The fourth-order valence-electron chi connectivity index (χ4n) is 3.02. The molecule has 0 aromatic heterocycles. The average molecular weight is 367 g/mol. The third-order valence-electron chi connectivity index (χ3n) is 4.41. The van der Waals surface area contributed by atoms with E-state index < -0.39 is 28.0 Å². The molecule has 1 saturated carbocycles. The van der Waals surface area contributed by atoms with Crippen LogP contribution < -0.4 is 4.72 Å². The van der Waals surface area contributed by atoms with Gasteiger partial charge in [-0.05, 0) is 38.8 Å². The number of benzene rings is 1. The minimum atomic E-state index is -3.93. The summed E-state index contributed by atoms with van der Waals surface area (Å²) >= 11 is 0. The van der Waals surface area contributed by atoms with Crippen LogP contribution in [-0.2, 0) is 24.3 Å². The van der Waals surface area contributed by atoms with Gasteiger partial charge < -0.3 is 4.74 Å². The first-order chi connectivity index (χ1) is 11.8. The van der Waals surface area contributed by atoms with E-state index in [0.29, 0.717) is 12.8 Å². The van der Waals surface area contributed by atoms with E-state index in [9.17, 15) is 18.0 Å². The number of carbonyl (C=O) groups is 2. The summed E-state index contributed by atoms with van der Waals surface area (Å²) in [6.07, 6.45) is 3.32. The van der Waals surface area contributed by atoms with Crippen molar-refractivity contribution in [2.24, 2.45) is 5.92 Å². The Balaban J connectivity index is 2.30. The van der Waals surface area contributed by atoms with Gasteiger partial charge in [-0.25, -0.2) is 8.42 Å². The van der Waals surface area contributed by atoms with Crippen LogP contribution in [0.15, 0.2) is 29.2 Å². The summed E-state index contributed by atoms with van der Waals surface area (Å²) in [5.74, 6) is -1.46. The van der Waals surface area contributed by atoms with Crippen molar-refractivity contribution in [1.82, 2.24) is 4.72 Å². The molecule has 0 bridgehead atoms. The summed E-state index contributed by atoms with van der Waals surface area (Å²) in [7, 11) is -3.93. The number of ketones is 1. The molecule has 1 N–H and O–H groups in total. The number of Topliss-reactive ketones (excluding diaryl/α,β-unsaturated/α-hetero) is 1. The van der Waals surface area contributed by atoms with Crippen LogP contribution >= 0.6 is 0 Å². The highest BCUT2D eigenvalue weighted by atomic mass is 32.2. The Kier molecular flexibility index (Phi) is 6.72. The SMILES string of the molecule is CCOC(=O)[C@@H](NS(=O)(=O)c1ccc(C)cc1)[C@H]1CCCCCC1=O. The van der Waals surface area contributed by atoms with Crippen LogP contribution in [0.4, 0.5) is 0 Å². The molecule has 0 amide bonds. The zero-order valence-electron chi connectivity index (χ0n) is 14.7. The van der Waals surface area contributed by atoms with E-state index in [4.69, 9.17) is 4.74 Å². The summed E-state index contributed by atoms with van der Waals surface area (Å²) in [6, 6.07) is 5.15. The Morgan fingerprint density at radius 3 is 2.56 bits per heavy atom. The number of hydrogen-bond donors (Lipinski definition) is 1. The van der Waals surface area contributed by atoms with Crippen molar-refractivity contribution in [2.75, 3.05) is 6.61 Å². The summed E-state index contributed by atoms with van der Waals surface area (Å²) in [4.78, 5) is 24.8. The molecule has 1 aromatic carbocycles. The molecule has 0 aliphatic heterocycles. The number of hydrogen-bond acceptors (Lipinski definition) is 5. The van der Waals surface area contributed by atoms with Crippen LogP contribution in [0.2, 0.25) is 0 Å². The second-order valence-electron chi connectivity index (χ2n) is 6.34. The zero-order valence-corrected chi connectivity index (χ0v) is 15.5. The van der Waals surface area contributed by atoms with E-state index in [1.165, 1.54) is 12.1 Å². The second kappa shape index (κ2) is 8.58. The lowest BCUT2D eigenvalue weighted by molar-refractivity contribution is -0.148. The fourth-order valence-corrected chi connectivity index (χ4v) is 4.24. The van der Waals surface area contributed by atoms with Crippen LogP contribution in [0.5, 0.6) is 0 Å². The standard InChI is InChI=1S/C18H25NO5S/c1-3-24-18(21)17(15-7-5-4-6-8-16(15)20)19-25(22,23)14-11-9-13(2)10-12-14/h9-12,15,17,19H,3-8H2,1-2H3/t15-,17-/m0/s1. The third kappa shape index (κ3) is 5.12. The first-order valence-corrected chi connectivity index (χ1v) is 10.1. The fraction of sp³-hybridized carbons (Fsp3) is 0.556. The summed E-state index contributed by atoms with van der Waals surface area (Å²) in [5, 5.41) is 0. The van der Waals surface area contributed by atoms with Gasteiger partial charge in [0.1, 0.15) is 11.8 Å². The topological polar surface area (TPSA) is 89.5 Å². The monoisotopic (exact) mass is 367 g/mol. The molecular formula is C18H25NO5S. The summed E-state index contributed by atoms with van der Waals surface area (Å²) in [5.41, 5.74) is 0.930. The molecule has 0 saturated heterocycles. The number of esters is 1. The molecule has 1 aliphatic carbocycles. The van der Waals surface area contributed by atoms with E-state index in [2.05, 4.69) is 4.72 Å². The minimum Gasteiger partial charge on any atom is -0.465 e.